The number of thiocarbonyl (C=S) groups is 1. The average Bonchev–Trinajstić information content (AvgIpc) is 2.92. The van der Waals surface area contributed by atoms with E-state index in [1.54, 1.807) is 25.3 Å². The van der Waals surface area contributed by atoms with Crippen LogP contribution in [0, 0.1) is 0 Å². The minimum Gasteiger partial charge on any atom is -0.497 e. The smallest absolute Gasteiger partial charge is 0.244 e. The molecule has 9 nitrogen and oxygen atoms in total. The number of hydrazone groups is 1. The zero-order valence-electron chi connectivity index (χ0n) is 20.7. The van der Waals surface area contributed by atoms with E-state index in [0.717, 1.165) is 5.56 Å². The monoisotopic (exact) mass is 540 g/mol. The predicted octanol–water partition coefficient (Wildman–Crippen LogP) is 3.24. The molecule has 0 saturated heterocycles. The van der Waals surface area contributed by atoms with Gasteiger partial charge in [-0.05, 0) is 71.7 Å². The molecule has 0 aliphatic carbocycles. The van der Waals surface area contributed by atoms with Gasteiger partial charge < -0.3 is 19.9 Å². The average molecular weight is 541 g/mol. The predicted molar refractivity (Wildman–Crippen MR) is 146 cm³/mol. The molecule has 4 rings (SSSR count). The van der Waals surface area contributed by atoms with Crippen molar-refractivity contribution in [2.75, 3.05) is 27.9 Å². The lowest BCUT2D eigenvalue weighted by Gasteiger charge is -2.37. The summed E-state index contributed by atoms with van der Waals surface area (Å²) in [6.45, 7) is 0.209. The summed E-state index contributed by atoms with van der Waals surface area (Å²) >= 11 is 5.00. The maximum Gasteiger partial charge on any atom is 0.244 e. The Labute approximate surface area is 221 Å². The van der Waals surface area contributed by atoms with Gasteiger partial charge in [-0.1, -0.05) is 30.3 Å². The summed E-state index contributed by atoms with van der Waals surface area (Å²) in [5.41, 5.74) is 11.1. The topological polar surface area (TPSA) is 115 Å². The Morgan fingerprint density at radius 3 is 2.24 bits per heavy atom. The lowest BCUT2D eigenvalue weighted by atomic mass is 9.88. The van der Waals surface area contributed by atoms with Crippen LogP contribution in [0.5, 0.6) is 17.2 Å². The standard InChI is InChI=1S/C26H28N4O5S2/c1-33-19-9-11-20(12-10-19)37(31,32)30-14-13-18-15-22(34-2)23(35-3)16-21(18)25(30)24(28-29-26(27)36)17-7-5-4-6-8-17/h4-12,15-16,25H,13-14H2,1-3H3,(H3,27,29,36)/b28-24+. The minimum absolute atomic E-state index is 0.0404. The van der Waals surface area contributed by atoms with Crippen molar-refractivity contribution in [1.29, 1.82) is 0 Å². The molecule has 3 aromatic rings. The largest absolute Gasteiger partial charge is 0.497 e. The summed E-state index contributed by atoms with van der Waals surface area (Å²) < 4.78 is 45.8. The molecule has 1 aliphatic heterocycles. The second-order valence-corrected chi connectivity index (χ2v) is 10.5. The highest BCUT2D eigenvalue weighted by molar-refractivity contribution is 7.89. The van der Waals surface area contributed by atoms with Crippen molar-refractivity contribution < 1.29 is 22.6 Å². The number of nitrogens with one attached hydrogen (secondary N) is 1. The van der Waals surface area contributed by atoms with Gasteiger partial charge >= 0.3 is 0 Å². The molecule has 1 unspecified atom stereocenters. The molecule has 3 N–H and O–H groups in total. The molecule has 3 aromatic carbocycles. The van der Waals surface area contributed by atoms with E-state index in [4.69, 9.17) is 32.2 Å². The van der Waals surface area contributed by atoms with Crippen LogP contribution in [-0.4, -0.2) is 51.4 Å². The van der Waals surface area contributed by atoms with Gasteiger partial charge in [0.05, 0.1) is 38.0 Å². The van der Waals surface area contributed by atoms with Crippen molar-refractivity contribution >= 4 is 33.1 Å². The Morgan fingerprint density at radius 2 is 1.65 bits per heavy atom. The summed E-state index contributed by atoms with van der Waals surface area (Å²) in [5, 5.41) is 4.46. The molecule has 0 amide bonds. The quantitative estimate of drug-likeness (QED) is 0.254. The zero-order valence-corrected chi connectivity index (χ0v) is 22.3. The first-order valence-corrected chi connectivity index (χ1v) is 13.2. The van der Waals surface area contributed by atoms with Crippen LogP contribution in [-0.2, 0) is 16.4 Å². The minimum atomic E-state index is -3.97. The van der Waals surface area contributed by atoms with E-state index in [-0.39, 0.29) is 16.6 Å². The molecule has 1 heterocycles. The van der Waals surface area contributed by atoms with Gasteiger partial charge in [-0.3, -0.25) is 5.43 Å². The van der Waals surface area contributed by atoms with Crippen molar-refractivity contribution in [2.24, 2.45) is 10.8 Å². The Balaban J connectivity index is 1.96. The van der Waals surface area contributed by atoms with Crippen LogP contribution >= 0.6 is 12.2 Å². The number of sulfonamides is 1. The summed E-state index contributed by atoms with van der Waals surface area (Å²) in [5.74, 6) is 1.60. The fraction of sp³-hybridized carbons (Fsp3) is 0.231. The Morgan fingerprint density at radius 1 is 1.00 bits per heavy atom. The Kier molecular flexibility index (Phi) is 7.96. The normalized spacial score (nSPS) is 16.0. The first-order chi connectivity index (χ1) is 17.8. The van der Waals surface area contributed by atoms with E-state index in [1.807, 2.05) is 36.4 Å². The molecular formula is C26H28N4O5S2. The number of benzene rings is 3. The number of ether oxygens (including phenoxy) is 3. The van der Waals surface area contributed by atoms with Gasteiger partial charge in [0.2, 0.25) is 10.0 Å². The van der Waals surface area contributed by atoms with E-state index >= 15 is 0 Å². The fourth-order valence-electron chi connectivity index (χ4n) is 4.36. The van der Waals surface area contributed by atoms with Gasteiger partial charge in [0, 0.05) is 6.54 Å². The van der Waals surface area contributed by atoms with Gasteiger partial charge in [0.15, 0.2) is 16.6 Å². The zero-order chi connectivity index (χ0) is 26.6. The molecule has 0 radical (unpaired) electrons. The SMILES string of the molecule is COc1ccc(S(=O)(=O)N2CCc3cc(OC)c(OC)cc3C2/C(=N/NC(N)=S)c2ccccc2)cc1. The first-order valence-electron chi connectivity index (χ1n) is 11.4. The maximum atomic E-state index is 14.1. The Bertz CT molecular complexity index is 1410. The molecule has 0 bridgehead atoms. The number of nitrogens with zero attached hydrogens (tertiary/aromatic N) is 2. The van der Waals surface area contributed by atoms with Crippen molar-refractivity contribution in [2.45, 2.75) is 17.4 Å². The van der Waals surface area contributed by atoms with Gasteiger partial charge in [-0.2, -0.15) is 9.41 Å². The number of methoxy groups -OCH3 is 3. The maximum absolute atomic E-state index is 14.1. The molecule has 0 saturated carbocycles. The number of rotatable bonds is 8. The van der Waals surface area contributed by atoms with E-state index in [2.05, 4.69) is 10.5 Å². The van der Waals surface area contributed by atoms with Crippen LogP contribution in [0.4, 0.5) is 0 Å². The third-order valence-corrected chi connectivity index (χ3v) is 8.08. The summed E-state index contributed by atoms with van der Waals surface area (Å²) in [7, 11) is 0.655. The lowest BCUT2D eigenvalue weighted by Crippen LogP contribution is -2.44. The Hall–Kier alpha value is -3.67. The molecule has 0 fully saturated rings. The molecule has 0 aromatic heterocycles. The number of hydrogen-bond acceptors (Lipinski definition) is 7. The van der Waals surface area contributed by atoms with Crippen molar-refractivity contribution in [3.8, 4) is 17.2 Å². The fourth-order valence-corrected chi connectivity index (χ4v) is 5.98. The number of fused-ring (bicyclic) bond motifs is 1. The highest BCUT2D eigenvalue weighted by atomic mass is 32.2. The third kappa shape index (κ3) is 5.38. The van der Waals surface area contributed by atoms with E-state index in [0.29, 0.717) is 40.5 Å². The van der Waals surface area contributed by atoms with Gasteiger partial charge in [-0.15, -0.1) is 0 Å². The van der Waals surface area contributed by atoms with Gasteiger partial charge in [0.1, 0.15) is 5.75 Å². The van der Waals surface area contributed by atoms with Crippen LogP contribution in [0.15, 0.2) is 76.7 Å². The van der Waals surface area contributed by atoms with Crippen molar-refractivity contribution in [3.05, 3.63) is 83.4 Å². The number of nitrogens with two attached hydrogens (primary N) is 1. The van der Waals surface area contributed by atoms with Gasteiger partial charge in [-0.25, -0.2) is 8.42 Å². The summed E-state index contributed by atoms with van der Waals surface area (Å²) in [6.07, 6.45) is 0.465. The van der Waals surface area contributed by atoms with Crippen LogP contribution in [0.2, 0.25) is 0 Å². The van der Waals surface area contributed by atoms with Crippen LogP contribution < -0.4 is 25.4 Å². The van der Waals surface area contributed by atoms with E-state index < -0.39 is 16.1 Å². The summed E-state index contributed by atoms with van der Waals surface area (Å²) in [4.78, 5) is 0.136. The van der Waals surface area contributed by atoms with Crippen LogP contribution in [0.25, 0.3) is 0 Å². The molecule has 1 aliphatic rings. The highest BCUT2D eigenvalue weighted by Crippen LogP contribution is 2.42. The van der Waals surface area contributed by atoms with Crippen LogP contribution in [0.3, 0.4) is 0 Å². The molecule has 11 heteroatoms. The first kappa shape index (κ1) is 26.4. The van der Waals surface area contributed by atoms with Crippen LogP contribution in [0.1, 0.15) is 22.7 Å². The molecule has 37 heavy (non-hydrogen) atoms. The number of hydrogen-bond donors (Lipinski definition) is 2. The van der Waals surface area contributed by atoms with E-state index in [9.17, 15) is 8.42 Å². The molecule has 1 atom stereocenters. The van der Waals surface area contributed by atoms with Crippen molar-refractivity contribution in [3.63, 3.8) is 0 Å². The summed E-state index contributed by atoms with van der Waals surface area (Å²) in [6, 6.07) is 18.4. The van der Waals surface area contributed by atoms with Crippen molar-refractivity contribution in [1.82, 2.24) is 9.73 Å². The molecule has 194 valence electrons. The second kappa shape index (κ2) is 11.2. The lowest BCUT2D eigenvalue weighted by molar-refractivity contribution is 0.343. The highest BCUT2D eigenvalue weighted by Gasteiger charge is 2.40. The second-order valence-electron chi connectivity index (χ2n) is 8.19. The molecular weight excluding hydrogens is 512 g/mol. The third-order valence-electron chi connectivity index (χ3n) is 6.11. The van der Waals surface area contributed by atoms with E-state index in [1.165, 1.54) is 30.7 Å². The molecule has 0 spiro atoms. The van der Waals surface area contributed by atoms with Gasteiger partial charge in [0.25, 0.3) is 0 Å².